The molecule has 0 fully saturated rings. The highest BCUT2D eigenvalue weighted by Gasteiger charge is 2.01. The van der Waals surface area contributed by atoms with E-state index in [1.165, 1.54) is 0 Å². The normalized spacial score (nSPS) is 9.60. The van der Waals surface area contributed by atoms with Crippen LogP contribution >= 0.6 is 11.6 Å². The largest absolute Gasteiger partial charge is 0.361 e. The molecule has 15 heavy (non-hydrogen) atoms. The third-order valence-electron chi connectivity index (χ3n) is 1.81. The second-order valence-electron chi connectivity index (χ2n) is 2.76. The zero-order valence-corrected chi connectivity index (χ0v) is 8.31. The van der Waals surface area contributed by atoms with Crippen LogP contribution in [0.25, 0.3) is 16.0 Å². The Hall–Kier alpha value is -1.99. The van der Waals surface area contributed by atoms with Gasteiger partial charge in [-0.05, 0) is 29.3 Å². The predicted octanol–water partition coefficient (Wildman–Crippen LogP) is 2.74. The van der Waals surface area contributed by atoms with Crippen molar-refractivity contribution in [3.8, 4) is 11.1 Å². The van der Waals surface area contributed by atoms with E-state index >= 15 is 0 Å². The SMILES string of the molecule is [C-]#[N+]c1cc(-c2cnc(Cl)nc2)ccn1. The fraction of sp³-hybridized carbons (Fsp3) is 0. The minimum Gasteiger partial charge on any atom is -0.361 e. The highest BCUT2D eigenvalue weighted by Crippen LogP contribution is 2.21. The zero-order chi connectivity index (χ0) is 10.7. The van der Waals surface area contributed by atoms with Crippen molar-refractivity contribution >= 4 is 17.4 Å². The molecule has 72 valence electrons. The molecule has 0 aliphatic rings. The van der Waals surface area contributed by atoms with Gasteiger partial charge >= 0.3 is 0 Å². The zero-order valence-electron chi connectivity index (χ0n) is 7.55. The Morgan fingerprint density at radius 1 is 1.13 bits per heavy atom. The Bertz CT molecular complexity index is 516. The molecular formula is C10H5ClN4. The maximum Gasteiger partial charge on any atom is 0.270 e. The van der Waals surface area contributed by atoms with Crippen molar-refractivity contribution in [3.63, 3.8) is 0 Å². The molecule has 0 spiro atoms. The van der Waals surface area contributed by atoms with Gasteiger partial charge in [0.15, 0.2) is 0 Å². The van der Waals surface area contributed by atoms with Crippen molar-refractivity contribution in [2.24, 2.45) is 0 Å². The smallest absolute Gasteiger partial charge is 0.270 e. The molecule has 2 heterocycles. The van der Waals surface area contributed by atoms with Crippen LogP contribution in [0, 0.1) is 6.57 Å². The van der Waals surface area contributed by atoms with E-state index in [1.54, 1.807) is 30.7 Å². The van der Waals surface area contributed by atoms with Crippen LogP contribution in [0.1, 0.15) is 0 Å². The van der Waals surface area contributed by atoms with Crippen LogP contribution in [-0.4, -0.2) is 15.0 Å². The van der Waals surface area contributed by atoms with Gasteiger partial charge in [-0.3, -0.25) is 0 Å². The quantitative estimate of drug-likeness (QED) is 0.544. The number of rotatable bonds is 1. The number of halogens is 1. The summed E-state index contributed by atoms with van der Waals surface area (Å²) in [6.07, 6.45) is 4.80. The van der Waals surface area contributed by atoms with E-state index in [4.69, 9.17) is 18.2 Å². The van der Waals surface area contributed by atoms with Gasteiger partial charge in [0.05, 0.1) is 0 Å². The molecule has 0 aliphatic carbocycles. The van der Waals surface area contributed by atoms with Gasteiger partial charge in [-0.25, -0.2) is 9.97 Å². The summed E-state index contributed by atoms with van der Waals surface area (Å²) in [5, 5.41) is 0.207. The highest BCUT2D eigenvalue weighted by atomic mass is 35.5. The maximum atomic E-state index is 6.85. The first-order chi connectivity index (χ1) is 7.29. The first-order valence-electron chi connectivity index (χ1n) is 4.11. The molecule has 0 atom stereocenters. The number of nitrogens with zero attached hydrogens (tertiary/aromatic N) is 4. The van der Waals surface area contributed by atoms with E-state index in [9.17, 15) is 0 Å². The molecule has 2 aromatic rings. The summed E-state index contributed by atoms with van der Waals surface area (Å²) >= 11 is 5.57. The second kappa shape index (κ2) is 4.03. The van der Waals surface area contributed by atoms with Crippen molar-refractivity contribution in [2.45, 2.75) is 0 Å². The minimum atomic E-state index is 0.207. The van der Waals surface area contributed by atoms with Crippen molar-refractivity contribution in [1.82, 2.24) is 15.0 Å². The highest BCUT2D eigenvalue weighted by molar-refractivity contribution is 6.28. The van der Waals surface area contributed by atoms with Crippen LogP contribution in [0.15, 0.2) is 30.7 Å². The molecule has 5 heteroatoms. The van der Waals surface area contributed by atoms with E-state index in [0.717, 1.165) is 11.1 Å². The van der Waals surface area contributed by atoms with Crippen molar-refractivity contribution in [2.75, 3.05) is 0 Å². The molecule has 0 amide bonds. The fourth-order valence-electron chi connectivity index (χ4n) is 1.12. The Labute approximate surface area is 91.4 Å². The van der Waals surface area contributed by atoms with Crippen molar-refractivity contribution in [1.29, 1.82) is 0 Å². The molecule has 2 rings (SSSR count). The molecule has 2 aromatic heterocycles. The number of pyridine rings is 1. The fourth-order valence-corrected chi connectivity index (χ4v) is 1.22. The van der Waals surface area contributed by atoms with Crippen LogP contribution in [0.4, 0.5) is 5.82 Å². The summed E-state index contributed by atoms with van der Waals surface area (Å²) in [6.45, 7) is 6.85. The van der Waals surface area contributed by atoms with Crippen molar-refractivity contribution < 1.29 is 0 Å². The average molecular weight is 217 g/mol. The Morgan fingerprint density at radius 3 is 2.53 bits per heavy atom. The van der Waals surface area contributed by atoms with Gasteiger partial charge in [-0.2, -0.15) is 0 Å². The molecule has 0 saturated heterocycles. The van der Waals surface area contributed by atoms with Gasteiger partial charge in [0.2, 0.25) is 5.28 Å². The predicted molar refractivity (Wildman–Crippen MR) is 56.5 cm³/mol. The number of hydrogen-bond acceptors (Lipinski definition) is 3. The lowest BCUT2D eigenvalue weighted by molar-refractivity contribution is 1.17. The lowest BCUT2D eigenvalue weighted by Gasteiger charge is -1.99. The van der Waals surface area contributed by atoms with Gasteiger partial charge in [-0.15, -0.1) is 4.98 Å². The van der Waals surface area contributed by atoms with Crippen LogP contribution in [0.5, 0.6) is 0 Å². The van der Waals surface area contributed by atoms with E-state index in [-0.39, 0.29) is 5.28 Å². The summed E-state index contributed by atoms with van der Waals surface area (Å²) in [7, 11) is 0. The Balaban J connectivity index is 2.46. The topological polar surface area (TPSA) is 43.0 Å². The van der Waals surface area contributed by atoms with Gasteiger partial charge in [0, 0.05) is 18.0 Å². The molecule has 0 aromatic carbocycles. The molecule has 0 unspecified atom stereocenters. The molecular weight excluding hydrogens is 212 g/mol. The molecule has 0 radical (unpaired) electrons. The number of aromatic nitrogens is 3. The first kappa shape index (κ1) is 9.56. The van der Waals surface area contributed by atoms with Crippen LogP contribution < -0.4 is 0 Å². The first-order valence-corrected chi connectivity index (χ1v) is 4.49. The Morgan fingerprint density at radius 2 is 1.87 bits per heavy atom. The summed E-state index contributed by atoms with van der Waals surface area (Å²) in [5.41, 5.74) is 1.67. The molecule has 0 aliphatic heterocycles. The minimum absolute atomic E-state index is 0.207. The summed E-state index contributed by atoms with van der Waals surface area (Å²) in [4.78, 5) is 14.9. The maximum absolute atomic E-state index is 6.85. The van der Waals surface area contributed by atoms with Crippen LogP contribution in [0.3, 0.4) is 0 Å². The third-order valence-corrected chi connectivity index (χ3v) is 2.01. The van der Waals surface area contributed by atoms with Gasteiger partial charge in [-0.1, -0.05) is 6.57 Å². The summed E-state index contributed by atoms with van der Waals surface area (Å²) < 4.78 is 0. The van der Waals surface area contributed by atoms with E-state index in [1.807, 2.05) is 0 Å². The summed E-state index contributed by atoms with van der Waals surface area (Å²) in [6, 6.07) is 3.47. The third kappa shape index (κ3) is 2.09. The second-order valence-corrected chi connectivity index (χ2v) is 3.09. The standard InChI is InChI=1S/C10H5ClN4/c1-12-9-4-7(2-3-13-9)8-5-14-10(11)15-6-8/h2-6H. The van der Waals surface area contributed by atoms with Crippen molar-refractivity contribution in [3.05, 3.63) is 47.4 Å². The monoisotopic (exact) mass is 216 g/mol. The lowest BCUT2D eigenvalue weighted by atomic mass is 10.1. The summed E-state index contributed by atoms with van der Waals surface area (Å²) in [5.74, 6) is 0.349. The average Bonchev–Trinajstić information content (AvgIpc) is 2.30. The molecule has 0 saturated carbocycles. The van der Waals surface area contributed by atoms with Gasteiger partial charge in [0.25, 0.3) is 5.82 Å². The van der Waals surface area contributed by atoms with Gasteiger partial charge in [0.1, 0.15) is 6.20 Å². The van der Waals surface area contributed by atoms with Crippen LogP contribution in [-0.2, 0) is 0 Å². The van der Waals surface area contributed by atoms with Crippen LogP contribution in [0.2, 0.25) is 5.28 Å². The van der Waals surface area contributed by atoms with E-state index < -0.39 is 0 Å². The van der Waals surface area contributed by atoms with Gasteiger partial charge < -0.3 is 4.85 Å². The lowest BCUT2D eigenvalue weighted by Crippen LogP contribution is -1.84. The Kier molecular flexibility index (Phi) is 2.57. The molecule has 0 N–H and O–H groups in total. The number of hydrogen-bond donors (Lipinski definition) is 0. The molecule has 0 bridgehead atoms. The van der Waals surface area contributed by atoms with E-state index in [2.05, 4.69) is 19.8 Å². The van der Waals surface area contributed by atoms with E-state index in [0.29, 0.717) is 5.82 Å². The molecule has 4 nitrogen and oxygen atoms in total.